The fraction of sp³-hybridized carbons (Fsp3) is 0.500. The Hall–Kier alpha value is -0.740. The van der Waals surface area contributed by atoms with Crippen LogP contribution < -0.4 is 10.5 Å². The van der Waals surface area contributed by atoms with Crippen molar-refractivity contribution in [2.75, 3.05) is 25.6 Å². The lowest BCUT2D eigenvalue weighted by molar-refractivity contribution is 0.167. The summed E-state index contributed by atoms with van der Waals surface area (Å²) in [7, 11) is 0. The second kappa shape index (κ2) is 5.06. The smallest absolute Gasteiger partial charge is 0.145 e. The van der Waals surface area contributed by atoms with Crippen LogP contribution in [0.3, 0.4) is 0 Å². The second-order valence-corrected chi connectivity index (χ2v) is 5.10. The Morgan fingerprint density at radius 3 is 3.00 bits per heavy atom. The van der Waals surface area contributed by atoms with E-state index in [1.54, 1.807) is 0 Å². The summed E-state index contributed by atoms with van der Waals surface area (Å²) in [6, 6.07) is 3.88. The predicted molar refractivity (Wildman–Crippen MR) is 67.7 cm³/mol. The van der Waals surface area contributed by atoms with Gasteiger partial charge in [-0.1, -0.05) is 15.9 Å². The number of hydrogen-bond donors (Lipinski definition) is 1. The summed E-state index contributed by atoms with van der Waals surface area (Å²) in [5.74, 6) is 1.30. The SMILES string of the molecule is Cc1cc(Br)cc(N)c1OCC1CCOC1. The monoisotopic (exact) mass is 285 g/mol. The van der Waals surface area contributed by atoms with Crippen molar-refractivity contribution in [2.24, 2.45) is 5.92 Å². The van der Waals surface area contributed by atoms with Crippen LogP contribution in [0.15, 0.2) is 16.6 Å². The number of aryl methyl sites for hydroxylation is 1. The Labute approximate surface area is 104 Å². The summed E-state index contributed by atoms with van der Waals surface area (Å²) in [6.07, 6.45) is 1.08. The van der Waals surface area contributed by atoms with Crippen LogP contribution in [0.25, 0.3) is 0 Å². The summed E-state index contributed by atoms with van der Waals surface area (Å²) in [5.41, 5.74) is 7.67. The molecule has 88 valence electrons. The lowest BCUT2D eigenvalue weighted by Gasteiger charge is -2.14. The summed E-state index contributed by atoms with van der Waals surface area (Å²) in [4.78, 5) is 0. The molecule has 16 heavy (non-hydrogen) atoms. The minimum absolute atomic E-state index is 0.502. The number of anilines is 1. The Morgan fingerprint density at radius 1 is 1.56 bits per heavy atom. The Kier molecular flexibility index (Phi) is 3.71. The molecule has 2 rings (SSSR count). The summed E-state index contributed by atoms with van der Waals surface area (Å²) >= 11 is 3.41. The Balaban J connectivity index is 2.03. The molecule has 0 aromatic heterocycles. The quantitative estimate of drug-likeness (QED) is 0.869. The number of hydrogen-bond acceptors (Lipinski definition) is 3. The van der Waals surface area contributed by atoms with Gasteiger partial charge in [0.1, 0.15) is 5.75 Å². The molecular formula is C12H16BrNO2. The number of rotatable bonds is 3. The summed E-state index contributed by atoms with van der Waals surface area (Å²) in [5, 5.41) is 0. The fourth-order valence-electron chi connectivity index (χ4n) is 1.87. The minimum Gasteiger partial charge on any atom is -0.491 e. The van der Waals surface area contributed by atoms with E-state index in [2.05, 4.69) is 15.9 Å². The number of nitrogens with two attached hydrogens (primary N) is 1. The fourth-order valence-corrected chi connectivity index (χ4v) is 2.46. The molecule has 1 heterocycles. The van der Waals surface area contributed by atoms with Crippen molar-refractivity contribution >= 4 is 21.6 Å². The molecular weight excluding hydrogens is 270 g/mol. The molecule has 1 aliphatic rings. The maximum atomic E-state index is 5.92. The lowest BCUT2D eigenvalue weighted by atomic mass is 10.1. The maximum Gasteiger partial charge on any atom is 0.145 e. The van der Waals surface area contributed by atoms with Crippen molar-refractivity contribution < 1.29 is 9.47 Å². The number of ether oxygens (including phenoxy) is 2. The molecule has 1 aromatic carbocycles. The van der Waals surface area contributed by atoms with Crippen LogP contribution in [-0.2, 0) is 4.74 Å². The van der Waals surface area contributed by atoms with Gasteiger partial charge >= 0.3 is 0 Å². The van der Waals surface area contributed by atoms with Gasteiger partial charge in [-0.25, -0.2) is 0 Å². The normalized spacial score (nSPS) is 20.0. The highest BCUT2D eigenvalue weighted by Gasteiger charge is 2.17. The molecule has 3 nitrogen and oxygen atoms in total. The molecule has 0 saturated carbocycles. The first-order valence-electron chi connectivity index (χ1n) is 5.43. The average Bonchev–Trinajstić information content (AvgIpc) is 2.68. The van der Waals surface area contributed by atoms with Crippen LogP contribution >= 0.6 is 15.9 Å². The van der Waals surface area contributed by atoms with Gasteiger partial charge < -0.3 is 15.2 Å². The van der Waals surface area contributed by atoms with Gasteiger partial charge in [0, 0.05) is 17.0 Å². The second-order valence-electron chi connectivity index (χ2n) is 4.18. The first-order chi connectivity index (χ1) is 7.66. The topological polar surface area (TPSA) is 44.5 Å². The van der Waals surface area contributed by atoms with Crippen molar-refractivity contribution in [3.05, 3.63) is 22.2 Å². The predicted octanol–water partition coefficient (Wildman–Crippen LogP) is 2.76. The summed E-state index contributed by atoms with van der Waals surface area (Å²) < 4.78 is 12.1. The van der Waals surface area contributed by atoms with Gasteiger partial charge in [0.05, 0.1) is 18.9 Å². The lowest BCUT2D eigenvalue weighted by Crippen LogP contribution is -2.13. The van der Waals surface area contributed by atoms with Crippen molar-refractivity contribution in [1.82, 2.24) is 0 Å². The zero-order chi connectivity index (χ0) is 11.5. The van der Waals surface area contributed by atoms with Crippen molar-refractivity contribution in [1.29, 1.82) is 0 Å². The van der Waals surface area contributed by atoms with E-state index >= 15 is 0 Å². The van der Waals surface area contributed by atoms with Crippen LogP contribution in [-0.4, -0.2) is 19.8 Å². The van der Waals surface area contributed by atoms with Crippen LogP contribution in [0.5, 0.6) is 5.75 Å². The van der Waals surface area contributed by atoms with Gasteiger partial charge in [-0.2, -0.15) is 0 Å². The molecule has 1 aromatic rings. The van der Waals surface area contributed by atoms with E-state index < -0.39 is 0 Å². The van der Waals surface area contributed by atoms with Crippen molar-refractivity contribution in [3.63, 3.8) is 0 Å². The third-order valence-corrected chi connectivity index (χ3v) is 3.21. The summed E-state index contributed by atoms with van der Waals surface area (Å²) in [6.45, 7) is 4.34. The molecule has 0 amide bonds. The van der Waals surface area contributed by atoms with E-state index in [9.17, 15) is 0 Å². The molecule has 1 aliphatic heterocycles. The zero-order valence-corrected chi connectivity index (χ0v) is 10.9. The number of benzene rings is 1. The molecule has 0 aliphatic carbocycles. The van der Waals surface area contributed by atoms with Crippen molar-refractivity contribution in [2.45, 2.75) is 13.3 Å². The molecule has 1 saturated heterocycles. The van der Waals surface area contributed by atoms with E-state index in [0.29, 0.717) is 18.2 Å². The van der Waals surface area contributed by atoms with E-state index in [0.717, 1.165) is 35.4 Å². The van der Waals surface area contributed by atoms with Gasteiger partial charge in [0.2, 0.25) is 0 Å². The third kappa shape index (κ3) is 2.68. The highest BCUT2D eigenvalue weighted by molar-refractivity contribution is 9.10. The van der Waals surface area contributed by atoms with Crippen LogP contribution in [0.2, 0.25) is 0 Å². The van der Waals surface area contributed by atoms with E-state index in [-0.39, 0.29) is 0 Å². The van der Waals surface area contributed by atoms with Gasteiger partial charge in [-0.15, -0.1) is 0 Å². The molecule has 1 fully saturated rings. The van der Waals surface area contributed by atoms with Gasteiger partial charge in [-0.05, 0) is 31.0 Å². The van der Waals surface area contributed by atoms with Gasteiger partial charge in [0.15, 0.2) is 0 Å². The molecule has 1 unspecified atom stereocenters. The van der Waals surface area contributed by atoms with Gasteiger partial charge in [-0.3, -0.25) is 0 Å². The van der Waals surface area contributed by atoms with Gasteiger partial charge in [0.25, 0.3) is 0 Å². The zero-order valence-electron chi connectivity index (χ0n) is 9.33. The average molecular weight is 286 g/mol. The van der Waals surface area contributed by atoms with Crippen LogP contribution in [0.4, 0.5) is 5.69 Å². The van der Waals surface area contributed by atoms with E-state index in [4.69, 9.17) is 15.2 Å². The maximum absolute atomic E-state index is 5.92. The Bertz CT molecular complexity index is 352. The van der Waals surface area contributed by atoms with Crippen LogP contribution in [0, 0.1) is 12.8 Å². The third-order valence-electron chi connectivity index (χ3n) is 2.76. The minimum atomic E-state index is 0.502. The van der Waals surface area contributed by atoms with Crippen molar-refractivity contribution in [3.8, 4) is 5.75 Å². The molecule has 0 radical (unpaired) electrons. The first kappa shape index (κ1) is 11.7. The number of nitrogen functional groups attached to an aromatic ring is 1. The molecule has 0 spiro atoms. The van der Waals surface area contributed by atoms with E-state index in [1.165, 1.54) is 0 Å². The first-order valence-corrected chi connectivity index (χ1v) is 6.22. The molecule has 1 atom stereocenters. The standard InChI is InChI=1S/C12H16BrNO2/c1-8-4-10(13)5-11(14)12(8)16-7-9-2-3-15-6-9/h4-5,9H,2-3,6-7,14H2,1H3. The largest absolute Gasteiger partial charge is 0.491 e. The molecule has 2 N–H and O–H groups in total. The molecule has 4 heteroatoms. The Morgan fingerprint density at radius 2 is 2.38 bits per heavy atom. The van der Waals surface area contributed by atoms with E-state index in [1.807, 2.05) is 19.1 Å². The van der Waals surface area contributed by atoms with Crippen LogP contribution in [0.1, 0.15) is 12.0 Å². The highest BCUT2D eigenvalue weighted by Crippen LogP contribution is 2.30. The molecule has 0 bridgehead atoms. The highest BCUT2D eigenvalue weighted by atomic mass is 79.9. The number of halogens is 1.